The number of aromatic amines is 1. The number of rotatable bonds is 4. The number of hydrogen-bond donors (Lipinski definition) is 2. The molecule has 0 aliphatic carbocycles. The van der Waals surface area contributed by atoms with Gasteiger partial charge >= 0.3 is 0 Å². The Balaban J connectivity index is 2.16. The first-order valence-electron chi connectivity index (χ1n) is 5.67. The van der Waals surface area contributed by atoms with E-state index in [9.17, 15) is 10.1 Å². The van der Waals surface area contributed by atoms with Gasteiger partial charge in [0.05, 0.1) is 26.5 Å². The van der Waals surface area contributed by atoms with Crippen molar-refractivity contribution < 1.29 is 4.92 Å². The summed E-state index contributed by atoms with van der Waals surface area (Å²) in [5.74, 6) is 0. The predicted molar refractivity (Wildman–Crippen MR) is 76.2 cm³/mol. The van der Waals surface area contributed by atoms with Crippen molar-refractivity contribution in [3.05, 3.63) is 49.7 Å². The number of nitro groups is 1. The molecule has 0 saturated carbocycles. The van der Waals surface area contributed by atoms with Crippen molar-refractivity contribution in [3.8, 4) is 0 Å². The summed E-state index contributed by atoms with van der Waals surface area (Å²) >= 11 is 3.17. The Bertz CT molecular complexity index is 605. The molecule has 0 radical (unpaired) electrons. The Kier molecular flexibility index (Phi) is 3.84. The first-order valence-corrected chi connectivity index (χ1v) is 6.46. The molecule has 0 bridgehead atoms. The highest BCUT2D eigenvalue weighted by Crippen LogP contribution is 2.26. The standard InChI is InChI=1S/C12H13BrN4O2/c1-7-12(8(2)16-15-7)14-6-9-3-4-10(13)11(5-9)17(18)19/h3-5,14H,6H2,1-2H3,(H,15,16). The second-order valence-corrected chi connectivity index (χ2v) is 5.06. The molecule has 0 spiro atoms. The third-order valence-corrected chi connectivity index (χ3v) is 3.48. The van der Waals surface area contributed by atoms with Gasteiger partial charge in [-0.15, -0.1) is 0 Å². The van der Waals surface area contributed by atoms with Gasteiger partial charge in [-0.05, 0) is 41.4 Å². The molecule has 2 N–H and O–H groups in total. The van der Waals surface area contributed by atoms with Crippen LogP contribution >= 0.6 is 15.9 Å². The maximum Gasteiger partial charge on any atom is 0.283 e. The molecule has 0 aliphatic rings. The molecule has 1 aromatic carbocycles. The molecule has 6 nitrogen and oxygen atoms in total. The number of nitrogens with one attached hydrogen (secondary N) is 2. The summed E-state index contributed by atoms with van der Waals surface area (Å²) in [7, 11) is 0. The topological polar surface area (TPSA) is 83.8 Å². The van der Waals surface area contributed by atoms with Gasteiger partial charge in [-0.25, -0.2) is 0 Å². The first kappa shape index (κ1) is 13.5. The van der Waals surface area contributed by atoms with Gasteiger partial charge in [0.1, 0.15) is 0 Å². The minimum Gasteiger partial charge on any atom is -0.378 e. The summed E-state index contributed by atoms with van der Waals surface area (Å²) in [6, 6.07) is 5.08. The van der Waals surface area contributed by atoms with Gasteiger partial charge in [0.2, 0.25) is 0 Å². The smallest absolute Gasteiger partial charge is 0.283 e. The maximum absolute atomic E-state index is 10.9. The van der Waals surface area contributed by atoms with Crippen molar-refractivity contribution in [2.45, 2.75) is 20.4 Å². The number of benzene rings is 1. The summed E-state index contributed by atoms with van der Waals surface area (Å²) in [6.45, 7) is 4.33. The maximum atomic E-state index is 10.9. The van der Waals surface area contributed by atoms with Crippen LogP contribution in [0.5, 0.6) is 0 Å². The Morgan fingerprint density at radius 2 is 2.21 bits per heavy atom. The van der Waals surface area contributed by atoms with E-state index in [4.69, 9.17) is 0 Å². The highest BCUT2D eigenvalue weighted by atomic mass is 79.9. The summed E-state index contributed by atoms with van der Waals surface area (Å²) in [4.78, 5) is 10.5. The molecule has 0 saturated heterocycles. The lowest BCUT2D eigenvalue weighted by atomic mass is 10.2. The van der Waals surface area contributed by atoms with Crippen LogP contribution in [0.3, 0.4) is 0 Å². The van der Waals surface area contributed by atoms with Crippen molar-refractivity contribution in [1.82, 2.24) is 10.2 Å². The minimum atomic E-state index is -0.401. The number of anilines is 1. The molecule has 7 heteroatoms. The molecule has 0 atom stereocenters. The second-order valence-electron chi connectivity index (χ2n) is 4.21. The number of hydrogen-bond acceptors (Lipinski definition) is 4. The van der Waals surface area contributed by atoms with E-state index in [0.29, 0.717) is 11.0 Å². The molecular formula is C12H13BrN4O2. The van der Waals surface area contributed by atoms with Gasteiger partial charge in [-0.3, -0.25) is 15.2 Å². The Hall–Kier alpha value is -1.89. The lowest BCUT2D eigenvalue weighted by molar-refractivity contribution is -0.385. The quantitative estimate of drug-likeness (QED) is 0.667. The van der Waals surface area contributed by atoms with Crippen molar-refractivity contribution in [3.63, 3.8) is 0 Å². The molecule has 19 heavy (non-hydrogen) atoms. The van der Waals surface area contributed by atoms with Crippen molar-refractivity contribution in [2.75, 3.05) is 5.32 Å². The van der Waals surface area contributed by atoms with Crippen LogP contribution < -0.4 is 5.32 Å². The Labute approximate surface area is 118 Å². The number of nitro benzene ring substituents is 1. The van der Waals surface area contributed by atoms with Gasteiger partial charge < -0.3 is 5.32 Å². The van der Waals surface area contributed by atoms with Crippen molar-refractivity contribution in [1.29, 1.82) is 0 Å². The van der Waals surface area contributed by atoms with E-state index in [1.807, 2.05) is 19.9 Å². The zero-order chi connectivity index (χ0) is 14.0. The molecule has 100 valence electrons. The second kappa shape index (κ2) is 5.40. The van der Waals surface area contributed by atoms with Gasteiger partial charge in [-0.1, -0.05) is 6.07 Å². The number of H-pyrrole nitrogens is 1. The highest BCUT2D eigenvalue weighted by Gasteiger charge is 2.12. The summed E-state index contributed by atoms with van der Waals surface area (Å²) in [5, 5.41) is 21.1. The van der Waals surface area contributed by atoms with E-state index in [0.717, 1.165) is 22.6 Å². The zero-order valence-corrected chi connectivity index (χ0v) is 12.1. The lowest BCUT2D eigenvalue weighted by Crippen LogP contribution is -2.02. The first-order chi connectivity index (χ1) is 8.99. The monoisotopic (exact) mass is 324 g/mol. The zero-order valence-electron chi connectivity index (χ0n) is 10.5. The normalized spacial score (nSPS) is 10.5. The van der Waals surface area contributed by atoms with Crippen LogP contribution in [0.25, 0.3) is 0 Å². The van der Waals surface area contributed by atoms with Gasteiger partial charge in [0.25, 0.3) is 5.69 Å². The summed E-state index contributed by atoms with van der Waals surface area (Å²) < 4.78 is 0.483. The van der Waals surface area contributed by atoms with E-state index in [1.54, 1.807) is 12.1 Å². The molecule has 2 aromatic rings. The molecule has 1 heterocycles. The van der Waals surface area contributed by atoms with E-state index in [1.165, 1.54) is 0 Å². The van der Waals surface area contributed by atoms with E-state index in [-0.39, 0.29) is 5.69 Å². The highest BCUT2D eigenvalue weighted by molar-refractivity contribution is 9.10. The summed E-state index contributed by atoms with van der Waals surface area (Å²) in [6.07, 6.45) is 0. The average Bonchev–Trinajstić information content (AvgIpc) is 2.68. The van der Waals surface area contributed by atoms with Crippen LogP contribution in [0, 0.1) is 24.0 Å². The van der Waals surface area contributed by atoms with E-state index >= 15 is 0 Å². The fourth-order valence-electron chi connectivity index (χ4n) is 1.81. The van der Waals surface area contributed by atoms with Gasteiger partial charge in [-0.2, -0.15) is 5.10 Å². The molecule has 2 rings (SSSR count). The van der Waals surface area contributed by atoms with Crippen LogP contribution in [0.15, 0.2) is 22.7 Å². The SMILES string of the molecule is Cc1n[nH]c(C)c1NCc1ccc(Br)c([N+](=O)[O-])c1. The number of aryl methyl sites for hydroxylation is 2. The summed E-state index contributed by atoms with van der Waals surface area (Å²) in [5.41, 5.74) is 3.67. The number of nitrogens with zero attached hydrogens (tertiary/aromatic N) is 2. The molecular weight excluding hydrogens is 312 g/mol. The van der Waals surface area contributed by atoms with Crippen molar-refractivity contribution >= 4 is 27.3 Å². The number of halogens is 1. The van der Waals surface area contributed by atoms with Crippen LogP contribution in [0.4, 0.5) is 11.4 Å². The average molecular weight is 325 g/mol. The molecule has 0 fully saturated rings. The Morgan fingerprint density at radius 3 is 2.79 bits per heavy atom. The van der Waals surface area contributed by atoms with Crippen molar-refractivity contribution in [2.24, 2.45) is 0 Å². The lowest BCUT2D eigenvalue weighted by Gasteiger charge is -2.07. The predicted octanol–water partition coefficient (Wildman–Crippen LogP) is 3.31. The molecule has 1 aromatic heterocycles. The van der Waals surface area contributed by atoms with Crippen LogP contribution in [0.1, 0.15) is 17.0 Å². The largest absolute Gasteiger partial charge is 0.378 e. The van der Waals surface area contributed by atoms with Gasteiger partial charge in [0, 0.05) is 12.6 Å². The molecule has 0 unspecified atom stereocenters. The molecule has 0 amide bonds. The van der Waals surface area contributed by atoms with E-state index < -0.39 is 4.92 Å². The Morgan fingerprint density at radius 1 is 1.47 bits per heavy atom. The fourth-order valence-corrected chi connectivity index (χ4v) is 2.20. The third-order valence-electron chi connectivity index (χ3n) is 2.80. The number of aromatic nitrogens is 2. The fraction of sp³-hybridized carbons (Fsp3) is 0.250. The minimum absolute atomic E-state index is 0.0694. The van der Waals surface area contributed by atoms with Crippen LogP contribution in [-0.2, 0) is 6.54 Å². The van der Waals surface area contributed by atoms with Crippen LogP contribution in [-0.4, -0.2) is 15.1 Å². The molecule has 0 aliphatic heterocycles. The van der Waals surface area contributed by atoms with Gasteiger partial charge in [0.15, 0.2) is 0 Å². The third kappa shape index (κ3) is 2.93. The van der Waals surface area contributed by atoms with Crippen LogP contribution in [0.2, 0.25) is 0 Å². The van der Waals surface area contributed by atoms with E-state index in [2.05, 4.69) is 31.4 Å².